The summed E-state index contributed by atoms with van der Waals surface area (Å²) in [5.41, 5.74) is 2.15. The van der Waals surface area contributed by atoms with Crippen LogP contribution in [0.3, 0.4) is 0 Å². The molecule has 1 unspecified atom stereocenters. The van der Waals surface area contributed by atoms with Crippen LogP contribution in [0.15, 0.2) is 53.6 Å². The van der Waals surface area contributed by atoms with Crippen molar-refractivity contribution >= 4 is 35.1 Å². The third kappa shape index (κ3) is 3.04. The number of methoxy groups -OCH3 is 1. The largest absolute Gasteiger partial charge is 0.622 e. The van der Waals surface area contributed by atoms with Gasteiger partial charge < -0.3 is 15.2 Å². The number of rotatable bonds is 4. The number of aldehydes is 1. The van der Waals surface area contributed by atoms with Gasteiger partial charge in [-0.1, -0.05) is 12.1 Å². The van der Waals surface area contributed by atoms with Crippen molar-refractivity contribution in [3.8, 4) is 5.75 Å². The number of ether oxygens (including phenoxy) is 1. The van der Waals surface area contributed by atoms with Crippen LogP contribution in [0.1, 0.15) is 10.4 Å². The second-order valence-electron chi connectivity index (χ2n) is 5.27. The van der Waals surface area contributed by atoms with Crippen molar-refractivity contribution in [1.82, 2.24) is 5.43 Å². The van der Waals surface area contributed by atoms with Gasteiger partial charge in [-0.25, -0.2) is 5.43 Å². The standard InChI is InChI=1S/C17H14N4O5/c1-26-12-8-6-11(7-9-12)17(23)19-18-16-15(10-22)20(24)13-4-2-3-5-14(13)21(16)25/h2-10,21H,1H3,(H,19,23). The molecular formula is C17H14N4O5. The summed E-state index contributed by atoms with van der Waals surface area (Å²) in [7, 11) is 1.50. The van der Waals surface area contributed by atoms with E-state index in [0.29, 0.717) is 10.5 Å². The number of quaternary nitrogens is 1. The molecule has 2 aromatic carbocycles. The molecule has 0 saturated heterocycles. The molecule has 0 radical (unpaired) electrons. The average molecular weight is 354 g/mol. The van der Waals surface area contributed by atoms with Crippen molar-refractivity contribution in [2.24, 2.45) is 5.10 Å². The Kier molecular flexibility index (Phi) is 4.74. The van der Waals surface area contributed by atoms with Crippen LogP contribution < -0.4 is 15.2 Å². The van der Waals surface area contributed by atoms with Crippen molar-refractivity contribution < 1.29 is 24.1 Å². The van der Waals surface area contributed by atoms with E-state index in [0.717, 1.165) is 0 Å². The third-order valence-electron chi connectivity index (χ3n) is 3.78. The molecule has 1 aliphatic heterocycles. The number of hydrazone groups is 1. The lowest BCUT2D eigenvalue weighted by atomic mass is 10.2. The van der Waals surface area contributed by atoms with Gasteiger partial charge in [0.05, 0.1) is 7.11 Å². The minimum Gasteiger partial charge on any atom is -0.622 e. The first-order chi connectivity index (χ1) is 12.6. The maximum absolute atomic E-state index is 12.5. The van der Waals surface area contributed by atoms with Gasteiger partial charge in [-0.3, -0.25) is 14.7 Å². The summed E-state index contributed by atoms with van der Waals surface area (Å²) in [6.07, 6.45) is 0.235. The number of amides is 1. The number of fused-ring (bicyclic) bond motifs is 1. The van der Waals surface area contributed by atoms with Gasteiger partial charge in [0, 0.05) is 17.7 Å². The van der Waals surface area contributed by atoms with Gasteiger partial charge in [0.1, 0.15) is 5.75 Å². The molecule has 0 spiro atoms. The Morgan fingerprint density at radius 1 is 1.23 bits per heavy atom. The van der Waals surface area contributed by atoms with Gasteiger partial charge in [0.15, 0.2) is 0 Å². The number of nitrogens with one attached hydrogen (secondary N) is 2. The first-order valence-electron chi connectivity index (χ1n) is 7.52. The van der Waals surface area contributed by atoms with E-state index >= 15 is 0 Å². The number of nitrogens with zero attached hydrogens (tertiary/aromatic N) is 2. The molecule has 1 atom stereocenters. The number of hydrogen-bond donors (Lipinski definition) is 2. The summed E-state index contributed by atoms with van der Waals surface area (Å²) in [5, 5.41) is 27.9. The Morgan fingerprint density at radius 2 is 1.92 bits per heavy atom. The lowest BCUT2D eigenvalue weighted by Crippen LogP contribution is -3.07. The Hall–Kier alpha value is -3.56. The fraction of sp³-hybridized carbons (Fsp3) is 0.0588. The smallest absolute Gasteiger partial charge is 0.341 e. The number of benzene rings is 2. The van der Waals surface area contributed by atoms with Crippen LogP contribution in [0, 0.1) is 10.4 Å². The Labute approximate surface area is 148 Å². The Balaban J connectivity index is 1.91. The molecule has 9 nitrogen and oxygen atoms in total. The topological polar surface area (TPSA) is 121 Å². The predicted molar refractivity (Wildman–Crippen MR) is 92.7 cm³/mol. The average Bonchev–Trinajstić information content (AvgIpc) is 2.69. The van der Waals surface area contributed by atoms with E-state index in [2.05, 4.69) is 10.5 Å². The normalized spacial score (nSPS) is 17.6. The van der Waals surface area contributed by atoms with Crippen LogP contribution in [0.2, 0.25) is 0 Å². The van der Waals surface area contributed by atoms with Gasteiger partial charge in [0.25, 0.3) is 11.6 Å². The van der Waals surface area contributed by atoms with Gasteiger partial charge >= 0.3 is 11.5 Å². The molecular weight excluding hydrogens is 340 g/mol. The highest BCUT2D eigenvalue weighted by molar-refractivity contribution is 6.57. The lowest BCUT2D eigenvalue weighted by Gasteiger charge is -2.25. The van der Waals surface area contributed by atoms with Crippen LogP contribution in [-0.4, -0.2) is 35.6 Å². The molecule has 3 rings (SSSR count). The zero-order chi connectivity index (χ0) is 18.7. The molecule has 0 fully saturated rings. The highest BCUT2D eigenvalue weighted by Crippen LogP contribution is 2.22. The van der Waals surface area contributed by atoms with Crippen molar-refractivity contribution in [3.63, 3.8) is 0 Å². The summed E-state index contributed by atoms with van der Waals surface area (Å²) in [6.45, 7) is 0. The van der Waals surface area contributed by atoms with E-state index in [1.165, 1.54) is 31.4 Å². The lowest BCUT2D eigenvalue weighted by molar-refractivity contribution is -0.673. The van der Waals surface area contributed by atoms with Crippen LogP contribution in [0.5, 0.6) is 5.75 Å². The molecule has 132 valence electrons. The summed E-state index contributed by atoms with van der Waals surface area (Å²) in [4.78, 5) is 23.4. The molecule has 2 aromatic rings. The van der Waals surface area contributed by atoms with E-state index in [9.17, 15) is 20.0 Å². The molecule has 0 bridgehead atoms. The number of amidine groups is 1. The van der Waals surface area contributed by atoms with E-state index < -0.39 is 22.5 Å². The predicted octanol–water partition coefficient (Wildman–Crippen LogP) is 0.248. The molecule has 1 heterocycles. The van der Waals surface area contributed by atoms with E-state index in [1.54, 1.807) is 24.3 Å². The number of hydroxylamine groups is 1. The van der Waals surface area contributed by atoms with Crippen molar-refractivity contribution in [2.75, 3.05) is 7.11 Å². The van der Waals surface area contributed by atoms with E-state index in [4.69, 9.17) is 4.74 Å². The number of carbonyl (C=O) groups excluding carboxylic acids is 2. The molecule has 2 N–H and O–H groups in total. The first-order valence-corrected chi connectivity index (χ1v) is 7.52. The molecule has 9 heteroatoms. The van der Waals surface area contributed by atoms with Crippen molar-refractivity contribution in [2.45, 2.75) is 0 Å². The monoisotopic (exact) mass is 354 g/mol. The Bertz CT molecular complexity index is 921. The molecule has 26 heavy (non-hydrogen) atoms. The number of carbonyl (C=O) groups is 2. The highest BCUT2D eigenvalue weighted by atomic mass is 16.5. The SMILES string of the molecule is COc1ccc(C(=O)NN=C2C(C=O)=[N+]([O-])c3ccccc3[NH+]2[O-])cc1. The second-order valence-corrected chi connectivity index (χ2v) is 5.27. The summed E-state index contributed by atoms with van der Waals surface area (Å²) in [5.74, 6) is -0.449. The van der Waals surface area contributed by atoms with Gasteiger partial charge in [-0.05, 0) is 24.3 Å². The maximum atomic E-state index is 12.5. The molecule has 0 aliphatic carbocycles. The van der Waals surface area contributed by atoms with Crippen LogP contribution in [0.4, 0.5) is 11.4 Å². The minimum atomic E-state index is -0.621. The van der Waals surface area contributed by atoms with Crippen molar-refractivity contribution in [3.05, 3.63) is 64.5 Å². The maximum Gasteiger partial charge on any atom is 0.341 e. The molecule has 1 amide bonds. The quantitative estimate of drug-likeness (QED) is 0.353. The number of hydrogen-bond acceptors (Lipinski definition) is 6. The summed E-state index contributed by atoms with van der Waals surface area (Å²) >= 11 is 0. The van der Waals surface area contributed by atoms with E-state index in [-0.39, 0.29) is 23.2 Å². The minimum absolute atomic E-state index is 0.0556. The summed E-state index contributed by atoms with van der Waals surface area (Å²) in [6, 6.07) is 12.2. The van der Waals surface area contributed by atoms with Crippen molar-refractivity contribution in [1.29, 1.82) is 0 Å². The summed E-state index contributed by atoms with van der Waals surface area (Å²) < 4.78 is 5.33. The molecule has 0 saturated carbocycles. The highest BCUT2D eigenvalue weighted by Gasteiger charge is 2.36. The van der Waals surface area contributed by atoms with Crippen LogP contribution >= 0.6 is 0 Å². The zero-order valence-electron chi connectivity index (χ0n) is 13.6. The second kappa shape index (κ2) is 7.13. The van der Waals surface area contributed by atoms with E-state index in [1.807, 2.05) is 0 Å². The Morgan fingerprint density at radius 3 is 2.58 bits per heavy atom. The van der Waals surface area contributed by atoms with Gasteiger partial charge in [-0.2, -0.15) is 4.74 Å². The third-order valence-corrected chi connectivity index (χ3v) is 3.78. The molecule has 0 aromatic heterocycles. The van der Waals surface area contributed by atoms with Crippen LogP contribution in [-0.2, 0) is 4.79 Å². The zero-order valence-corrected chi connectivity index (χ0v) is 13.6. The van der Waals surface area contributed by atoms with Gasteiger partial charge in [0.2, 0.25) is 12.0 Å². The fourth-order valence-electron chi connectivity index (χ4n) is 2.44. The fourth-order valence-corrected chi connectivity index (χ4v) is 2.44. The van der Waals surface area contributed by atoms with Gasteiger partial charge in [-0.15, -0.1) is 5.10 Å². The first kappa shape index (κ1) is 17.3. The molecule has 1 aliphatic rings. The van der Waals surface area contributed by atoms with Crippen LogP contribution in [0.25, 0.3) is 0 Å². The number of para-hydroxylation sites is 2.